The van der Waals surface area contributed by atoms with E-state index < -0.39 is 6.03 Å². The van der Waals surface area contributed by atoms with Crippen LogP contribution in [0.1, 0.15) is 0 Å². The summed E-state index contributed by atoms with van der Waals surface area (Å²) in [7, 11) is 0. The van der Waals surface area contributed by atoms with E-state index in [9.17, 15) is 4.79 Å². The summed E-state index contributed by atoms with van der Waals surface area (Å²) in [6, 6.07) is 7.85. The quantitative estimate of drug-likeness (QED) is 0.711. The highest BCUT2D eigenvalue weighted by atomic mass is 35.5. The number of nitrogens with zero attached hydrogens (tertiary/aromatic N) is 2. The predicted molar refractivity (Wildman–Crippen MR) is 86.7 cm³/mol. The fraction of sp³-hybridized carbons (Fsp3) is 0. The summed E-state index contributed by atoms with van der Waals surface area (Å²) >= 11 is 12.9. The first-order chi connectivity index (χ1) is 10.6. The average molecular weight is 355 g/mol. The van der Waals surface area contributed by atoms with Gasteiger partial charge in [0.1, 0.15) is 0 Å². The van der Waals surface area contributed by atoms with Gasteiger partial charge in [-0.3, -0.25) is 5.32 Å². The van der Waals surface area contributed by atoms with Gasteiger partial charge in [-0.1, -0.05) is 34.5 Å². The molecule has 0 aliphatic rings. The van der Waals surface area contributed by atoms with Crippen molar-refractivity contribution in [3.63, 3.8) is 0 Å². The summed E-state index contributed by atoms with van der Waals surface area (Å²) in [6.07, 6.45) is 1.54. The molecule has 112 valence electrons. The van der Waals surface area contributed by atoms with Crippen molar-refractivity contribution in [1.29, 1.82) is 0 Å². The SMILES string of the molecule is O=C(Nc1ccc(Cl)c(Cl)c1)Nc1nnc(-c2ccco2)s1. The lowest BCUT2D eigenvalue weighted by Crippen LogP contribution is -2.19. The number of urea groups is 1. The molecule has 0 aliphatic carbocycles. The first-order valence-electron chi connectivity index (χ1n) is 6.02. The molecule has 2 heterocycles. The molecule has 2 aromatic heterocycles. The molecule has 0 radical (unpaired) electrons. The van der Waals surface area contributed by atoms with Crippen LogP contribution in [-0.4, -0.2) is 16.2 Å². The zero-order valence-electron chi connectivity index (χ0n) is 10.8. The molecule has 22 heavy (non-hydrogen) atoms. The molecule has 2 N–H and O–H groups in total. The first-order valence-corrected chi connectivity index (χ1v) is 7.59. The zero-order valence-corrected chi connectivity index (χ0v) is 13.2. The van der Waals surface area contributed by atoms with Crippen molar-refractivity contribution < 1.29 is 9.21 Å². The second-order valence-electron chi connectivity index (χ2n) is 4.10. The van der Waals surface area contributed by atoms with Crippen LogP contribution >= 0.6 is 34.5 Å². The summed E-state index contributed by atoms with van der Waals surface area (Å²) in [5.41, 5.74) is 0.516. The molecule has 0 saturated heterocycles. The molecule has 0 aliphatic heterocycles. The van der Waals surface area contributed by atoms with E-state index in [1.54, 1.807) is 36.6 Å². The molecule has 0 bridgehead atoms. The third-order valence-electron chi connectivity index (χ3n) is 2.55. The van der Waals surface area contributed by atoms with Gasteiger partial charge in [0.2, 0.25) is 5.13 Å². The van der Waals surface area contributed by atoms with Crippen LogP contribution in [0.2, 0.25) is 10.0 Å². The van der Waals surface area contributed by atoms with E-state index in [4.69, 9.17) is 27.6 Å². The number of furan rings is 1. The van der Waals surface area contributed by atoms with E-state index in [1.807, 2.05) is 0 Å². The molecule has 0 atom stereocenters. The number of carbonyl (C=O) groups excluding carboxylic acids is 1. The molecule has 1 aromatic carbocycles. The fourth-order valence-corrected chi connectivity index (χ4v) is 2.61. The van der Waals surface area contributed by atoms with Gasteiger partial charge in [-0.05, 0) is 30.3 Å². The van der Waals surface area contributed by atoms with E-state index in [1.165, 1.54) is 11.3 Å². The monoisotopic (exact) mass is 354 g/mol. The third kappa shape index (κ3) is 3.38. The Morgan fingerprint density at radius 3 is 2.73 bits per heavy atom. The van der Waals surface area contributed by atoms with Gasteiger partial charge >= 0.3 is 6.03 Å². The van der Waals surface area contributed by atoms with Crippen molar-refractivity contribution in [3.05, 3.63) is 46.6 Å². The lowest BCUT2D eigenvalue weighted by atomic mass is 10.3. The third-order valence-corrected chi connectivity index (χ3v) is 4.15. The topological polar surface area (TPSA) is 80.0 Å². The van der Waals surface area contributed by atoms with E-state index in [2.05, 4.69) is 20.8 Å². The van der Waals surface area contributed by atoms with E-state index in [0.29, 0.717) is 31.6 Å². The molecular formula is C13H8Cl2N4O2S. The van der Waals surface area contributed by atoms with Crippen LogP contribution in [0.4, 0.5) is 15.6 Å². The standard InChI is InChI=1S/C13H8Cl2N4O2S/c14-8-4-3-7(6-9(8)15)16-12(20)17-13-19-18-11(22-13)10-2-1-5-21-10/h1-6H,(H2,16,17,19,20). The van der Waals surface area contributed by atoms with Crippen LogP contribution < -0.4 is 10.6 Å². The van der Waals surface area contributed by atoms with Gasteiger partial charge in [-0.25, -0.2) is 4.79 Å². The number of hydrogen-bond acceptors (Lipinski definition) is 5. The summed E-state index contributed by atoms with van der Waals surface area (Å²) < 4.78 is 5.21. The van der Waals surface area contributed by atoms with Crippen molar-refractivity contribution in [2.75, 3.05) is 10.6 Å². The molecular weight excluding hydrogens is 347 g/mol. The maximum atomic E-state index is 11.9. The number of halogens is 2. The molecule has 0 unspecified atom stereocenters. The van der Waals surface area contributed by atoms with Crippen LogP contribution in [0.3, 0.4) is 0 Å². The molecule has 9 heteroatoms. The highest BCUT2D eigenvalue weighted by Crippen LogP contribution is 2.27. The normalized spacial score (nSPS) is 10.5. The fourth-order valence-electron chi connectivity index (χ4n) is 1.61. The Labute approximate surface area is 139 Å². The summed E-state index contributed by atoms with van der Waals surface area (Å²) in [4.78, 5) is 11.9. The first kappa shape index (κ1) is 14.8. The number of carbonyl (C=O) groups is 1. The molecule has 0 saturated carbocycles. The maximum Gasteiger partial charge on any atom is 0.325 e. The van der Waals surface area contributed by atoms with Crippen LogP contribution in [0.25, 0.3) is 10.8 Å². The Hall–Kier alpha value is -2.09. The van der Waals surface area contributed by atoms with Gasteiger partial charge in [0.05, 0.1) is 16.3 Å². The van der Waals surface area contributed by atoms with E-state index in [-0.39, 0.29) is 0 Å². The summed E-state index contributed by atoms with van der Waals surface area (Å²) in [5.74, 6) is 0.593. The van der Waals surface area contributed by atoms with E-state index in [0.717, 1.165) is 0 Å². The molecule has 6 nitrogen and oxygen atoms in total. The molecule has 0 spiro atoms. The van der Waals surface area contributed by atoms with E-state index >= 15 is 0 Å². The lowest BCUT2D eigenvalue weighted by molar-refractivity contribution is 0.262. The van der Waals surface area contributed by atoms with Crippen LogP contribution in [0, 0.1) is 0 Å². The largest absolute Gasteiger partial charge is 0.462 e. The predicted octanol–water partition coefficient (Wildman–Crippen LogP) is 4.75. The number of benzene rings is 1. The summed E-state index contributed by atoms with van der Waals surface area (Å²) in [6.45, 7) is 0. The van der Waals surface area contributed by atoms with Gasteiger partial charge in [0, 0.05) is 5.69 Å². The number of anilines is 2. The number of nitrogens with one attached hydrogen (secondary N) is 2. The Morgan fingerprint density at radius 1 is 1.14 bits per heavy atom. The minimum Gasteiger partial charge on any atom is -0.462 e. The van der Waals surface area contributed by atoms with Gasteiger partial charge in [0.25, 0.3) is 0 Å². The van der Waals surface area contributed by atoms with Gasteiger partial charge in [0.15, 0.2) is 10.8 Å². The zero-order chi connectivity index (χ0) is 15.5. The number of hydrogen-bond donors (Lipinski definition) is 2. The maximum absolute atomic E-state index is 11.9. The highest BCUT2D eigenvalue weighted by molar-refractivity contribution is 7.18. The van der Waals surface area contributed by atoms with Crippen LogP contribution in [0.15, 0.2) is 41.0 Å². The Bertz CT molecular complexity index is 804. The number of rotatable bonds is 3. The van der Waals surface area contributed by atoms with Crippen molar-refractivity contribution in [2.24, 2.45) is 0 Å². The molecule has 2 amide bonds. The van der Waals surface area contributed by atoms with Crippen molar-refractivity contribution in [3.8, 4) is 10.8 Å². The molecule has 0 fully saturated rings. The van der Waals surface area contributed by atoms with Crippen molar-refractivity contribution in [1.82, 2.24) is 10.2 Å². The number of amides is 2. The minimum absolute atomic E-state index is 0.351. The highest BCUT2D eigenvalue weighted by Gasteiger charge is 2.11. The van der Waals surface area contributed by atoms with Gasteiger partial charge in [-0.2, -0.15) is 0 Å². The van der Waals surface area contributed by atoms with Crippen LogP contribution in [-0.2, 0) is 0 Å². The molecule has 3 rings (SSSR count). The second-order valence-corrected chi connectivity index (χ2v) is 5.89. The van der Waals surface area contributed by atoms with Crippen molar-refractivity contribution >= 4 is 51.4 Å². The Kier molecular flexibility index (Phi) is 4.28. The smallest absolute Gasteiger partial charge is 0.325 e. The van der Waals surface area contributed by atoms with Gasteiger partial charge < -0.3 is 9.73 Å². The Balaban J connectivity index is 1.65. The second kappa shape index (κ2) is 6.35. The Morgan fingerprint density at radius 2 is 2.00 bits per heavy atom. The number of aromatic nitrogens is 2. The van der Waals surface area contributed by atoms with Crippen LogP contribution in [0.5, 0.6) is 0 Å². The minimum atomic E-state index is -0.458. The van der Waals surface area contributed by atoms with Gasteiger partial charge in [-0.15, -0.1) is 10.2 Å². The average Bonchev–Trinajstić information content (AvgIpc) is 3.13. The van der Waals surface area contributed by atoms with Crippen molar-refractivity contribution in [2.45, 2.75) is 0 Å². The summed E-state index contributed by atoms with van der Waals surface area (Å²) in [5, 5.41) is 14.7. The lowest BCUT2D eigenvalue weighted by Gasteiger charge is -2.05. The molecule has 3 aromatic rings.